The first kappa shape index (κ1) is 20.5. The highest BCUT2D eigenvalue weighted by molar-refractivity contribution is 7.89. The van der Waals surface area contributed by atoms with Crippen molar-refractivity contribution < 1.29 is 17.9 Å². The van der Waals surface area contributed by atoms with Gasteiger partial charge < -0.3 is 14.5 Å². The first-order chi connectivity index (χ1) is 13.3. The summed E-state index contributed by atoms with van der Waals surface area (Å²) in [6.07, 6.45) is 0.525. The molecule has 28 heavy (non-hydrogen) atoms. The molecule has 0 unspecified atom stereocenters. The van der Waals surface area contributed by atoms with Gasteiger partial charge in [-0.3, -0.25) is 0 Å². The molecule has 0 aliphatic carbocycles. The lowest BCUT2D eigenvalue weighted by atomic mass is 10.1. The van der Waals surface area contributed by atoms with E-state index in [1.165, 1.54) is 20.3 Å². The quantitative estimate of drug-likeness (QED) is 0.603. The molecule has 150 valence electrons. The zero-order valence-corrected chi connectivity index (χ0v) is 17.8. The van der Waals surface area contributed by atoms with Gasteiger partial charge in [0, 0.05) is 23.7 Å². The summed E-state index contributed by atoms with van der Waals surface area (Å²) in [6.45, 7) is 4.02. The molecule has 0 saturated carbocycles. The summed E-state index contributed by atoms with van der Waals surface area (Å²) in [5.74, 6) is 0.768. The number of methoxy groups -OCH3 is 2. The van der Waals surface area contributed by atoms with E-state index in [0.717, 1.165) is 27.7 Å². The first-order valence-corrected chi connectivity index (χ1v) is 10.6. The number of benzene rings is 2. The lowest BCUT2D eigenvalue weighted by Gasteiger charge is -2.14. The van der Waals surface area contributed by atoms with E-state index in [1.807, 2.05) is 32.0 Å². The largest absolute Gasteiger partial charge is 0.496 e. The van der Waals surface area contributed by atoms with Crippen LogP contribution in [-0.2, 0) is 16.4 Å². The van der Waals surface area contributed by atoms with Crippen molar-refractivity contribution in [3.63, 3.8) is 0 Å². The number of halogens is 1. The number of fused-ring (bicyclic) bond motifs is 1. The standard InChI is InChI=1S/C20H23ClN2O4S/c1-12-10-18(27-4)19(11-17(12)26-3)28(24,25)22-9-8-14-13(2)23-20-15(14)6-5-7-16(20)21/h5-7,10-11,22-23H,8-9H2,1-4H3. The van der Waals surface area contributed by atoms with Gasteiger partial charge in [-0.2, -0.15) is 0 Å². The normalized spacial score (nSPS) is 11.8. The second-order valence-electron chi connectivity index (χ2n) is 6.51. The van der Waals surface area contributed by atoms with Crippen molar-refractivity contribution in [1.29, 1.82) is 0 Å². The van der Waals surface area contributed by atoms with Gasteiger partial charge in [0.15, 0.2) is 0 Å². The Kier molecular flexibility index (Phi) is 5.88. The number of H-pyrrole nitrogens is 1. The van der Waals surface area contributed by atoms with Gasteiger partial charge in [-0.1, -0.05) is 23.7 Å². The Morgan fingerprint density at radius 3 is 2.50 bits per heavy atom. The molecule has 0 spiro atoms. The number of nitrogens with one attached hydrogen (secondary N) is 2. The number of sulfonamides is 1. The summed E-state index contributed by atoms with van der Waals surface area (Å²) in [6, 6.07) is 8.81. The van der Waals surface area contributed by atoms with Crippen LogP contribution >= 0.6 is 11.6 Å². The fourth-order valence-electron chi connectivity index (χ4n) is 3.31. The minimum atomic E-state index is -3.77. The van der Waals surface area contributed by atoms with E-state index in [2.05, 4.69) is 9.71 Å². The number of aromatic amines is 1. The Balaban J connectivity index is 1.84. The fourth-order valence-corrected chi connectivity index (χ4v) is 4.73. The van der Waals surface area contributed by atoms with Crippen molar-refractivity contribution in [2.45, 2.75) is 25.2 Å². The third-order valence-corrected chi connectivity index (χ3v) is 6.54. The Morgan fingerprint density at radius 1 is 1.11 bits per heavy atom. The molecule has 0 amide bonds. The van der Waals surface area contributed by atoms with Gasteiger partial charge in [0.25, 0.3) is 0 Å². The number of ether oxygens (including phenoxy) is 2. The molecule has 0 atom stereocenters. The molecular formula is C20H23ClN2O4S. The third kappa shape index (κ3) is 3.83. The van der Waals surface area contributed by atoms with Crippen molar-refractivity contribution in [3.05, 3.63) is 52.2 Å². The number of hydrogen-bond acceptors (Lipinski definition) is 4. The number of rotatable bonds is 7. The smallest absolute Gasteiger partial charge is 0.244 e. The van der Waals surface area contributed by atoms with Gasteiger partial charge in [0.2, 0.25) is 10.0 Å². The molecule has 0 radical (unpaired) electrons. The van der Waals surface area contributed by atoms with Crippen molar-refractivity contribution in [2.24, 2.45) is 0 Å². The van der Waals surface area contributed by atoms with Crippen LogP contribution in [-0.4, -0.2) is 34.2 Å². The lowest BCUT2D eigenvalue weighted by Crippen LogP contribution is -2.26. The van der Waals surface area contributed by atoms with Crippen molar-refractivity contribution in [1.82, 2.24) is 9.71 Å². The van der Waals surface area contributed by atoms with Crippen molar-refractivity contribution >= 4 is 32.5 Å². The molecule has 3 aromatic rings. The SMILES string of the molecule is COc1cc(S(=O)(=O)NCCc2c(C)[nH]c3c(Cl)cccc23)c(OC)cc1C. The second-order valence-corrected chi connectivity index (χ2v) is 8.65. The Labute approximate surface area is 169 Å². The zero-order valence-electron chi connectivity index (χ0n) is 16.2. The highest BCUT2D eigenvalue weighted by Crippen LogP contribution is 2.32. The van der Waals surface area contributed by atoms with Crippen LogP contribution in [0.3, 0.4) is 0 Å². The van der Waals surface area contributed by atoms with E-state index in [4.69, 9.17) is 21.1 Å². The van der Waals surface area contributed by atoms with Gasteiger partial charge in [-0.05, 0) is 43.5 Å². The third-order valence-electron chi connectivity index (χ3n) is 4.74. The average Bonchev–Trinajstić information content (AvgIpc) is 2.98. The minimum absolute atomic E-state index is 0.0520. The van der Waals surface area contributed by atoms with Gasteiger partial charge in [0.1, 0.15) is 16.4 Å². The van der Waals surface area contributed by atoms with Crippen molar-refractivity contribution in [2.75, 3.05) is 20.8 Å². The minimum Gasteiger partial charge on any atom is -0.496 e. The van der Waals surface area contributed by atoms with Crippen LogP contribution < -0.4 is 14.2 Å². The topological polar surface area (TPSA) is 80.4 Å². The number of aromatic nitrogens is 1. The first-order valence-electron chi connectivity index (χ1n) is 8.76. The van der Waals surface area contributed by atoms with E-state index < -0.39 is 10.0 Å². The van der Waals surface area contributed by atoms with E-state index >= 15 is 0 Å². The molecule has 0 aliphatic rings. The van der Waals surface area contributed by atoms with Crippen LogP contribution in [0.5, 0.6) is 11.5 Å². The van der Waals surface area contributed by atoms with E-state index in [9.17, 15) is 8.42 Å². The van der Waals surface area contributed by atoms with Crippen LogP contribution in [0.15, 0.2) is 35.2 Å². The zero-order chi connectivity index (χ0) is 20.5. The summed E-state index contributed by atoms with van der Waals surface area (Å²) in [5, 5.41) is 1.64. The predicted octanol–water partition coefficient (Wildman–Crippen LogP) is 3.98. The number of para-hydroxylation sites is 1. The summed E-state index contributed by atoms with van der Waals surface area (Å²) < 4.78 is 38.9. The summed E-state index contributed by atoms with van der Waals surface area (Å²) >= 11 is 6.24. The average molecular weight is 423 g/mol. The summed E-state index contributed by atoms with van der Waals surface area (Å²) in [5.41, 5.74) is 3.67. The molecule has 6 nitrogen and oxygen atoms in total. The maximum Gasteiger partial charge on any atom is 0.244 e. The number of aryl methyl sites for hydroxylation is 2. The van der Waals surface area contributed by atoms with Gasteiger partial charge in [0.05, 0.1) is 24.8 Å². The van der Waals surface area contributed by atoms with E-state index in [1.54, 1.807) is 6.07 Å². The maximum absolute atomic E-state index is 12.8. The van der Waals surface area contributed by atoms with E-state index in [0.29, 0.717) is 17.2 Å². The molecule has 0 fully saturated rings. The Bertz CT molecular complexity index is 1120. The summed E-state index contributed by atoms with van der Waals surface area (Å²) in [4.78, 5) is 3.32. The molecule has 0 saturated heterocycles. The van der Waals surface area contributed by atoms with Gasteiger partial charge >= 0.3 is 0 Å². The van der Waals surface area contributed by atoms with Crippen LogP contribution in [0.4, 0.5) is 0 Å². The molecule has 0 aliphatic heterocycles. The van der Waals surface area contributed by atoms with E-state index in [-0.39, 0.29) is 17.2 Å². The Hall–Kier alpha value is -2.22. The van der Waals surface area contributed by atoms with Crippen LogP contribution in [0.1, 0.15) is 16.8 Å². The molecule has 8 heteroatoms. The molecule has 0 bridgehead atoms. The predicted molar refractivity (Wildman–Crippen MR) is 111 cm³/mol. The molecule has 1 heterocycles. The molecule has 1 aromatic heterocycles. The highest BCUT2D eigenvalue weighted by Gasteiger charge is 2.22. The molecular weight excluding hydrogens is 400 g/mol. The molecule has 3 rings (SSSR count). The Morgan fingerprint density at radius 2 is 1.82 bits per heavy atom. The van der Waals surface area contributed by atoms with Crippen LogP contribution in [0, 0.1) is 13.8 Å². The monoisotopic (exact) mass is 422 g/mol. The lowest BCUT2D eigenvalue weighted by molar-refractivity contribution is 0.390. The second kappa shape index (κ2) is 8.03. The van der Waals surface area contributed by atoms with Gasteiger partial charge in [-0.25, -0.2) is 13.1 Å². The fraction of sp³-hybridized carbons (Fsp3) is 0.300. The molecule has 2 aromatic carbocycles. The number of hydrogen-bond donors (Lipinski definition) is 2. The maximum atomic E-state index is 12.8. The van der Waals surface area contributed by atoms with Crippen molar-refractivity contribution in [3.8, 4) is 11.5 Å². The van der Waals surface area contributed by atoms with Gasteiger partial charge in [-0.15, -0.1) is 0 Å². The highest BCUT2D eigenvalue weighted by atomic mass is 35.5. The van der Waals surface area contributed by atoms with Crippen LogP contribution in [0.2, 0.25) is 5.02 Å². The summed E-state index contributed by atoms with van der Waals surface area (Å²) in [7, 11) is -0.824. The molecule has 2 N–H and O–H groups in total. The van der Waals surface area contributed by atoms with Crippen LogP contribution in [0.25, 0.3) is 10.9 Å².